The van der Waals surface area contributed by atoms with Crippen molar-refractivity contribution in [2.75, 3.05) is 19.8 Å². The lowest BCUT2D eigenvalue weighted by atomic mass is 10.0. The highest BCUT2D eigenvalue weighted by molar-refractivity contribution is 5.37. The summed E-state index contributed by atoms with van der Waals surface area (Å²) in [6.45, 7) is 10.1. The first-order chi connectivity index (χ1) is 9.08. The Balaban J connectivity index is 2.54. The van der Waals surface area contributed by atoms with Crippen LogP contribution in [0.2, 0.25) is 0 Å². The van der Waals surface area contributed by atoms with Gasteiger partial charge >= 0.3 is 0 Å². The molecule has 3 nitrogen and oxygen atoms in total. The molecule has 0 fully saturated rings. The number of likely N-dealkylation sites (N-methyl/N-ethyl adjacent to an activating group) is 1. The van der Waals surface area contributed by atoms with E-state index in [4.69, 9.17) is 4.74 Å². The Hall–Kier alpha value is -1.06. The molecule has 0 bridgehead atoms. The summed E-state index contributed by atoms with van der Waals surface area (Å²) in [6, 6.07) is 6.51. The smallest absolute Gasteiger partial charge is 0.122 e. The number of rotatable bonds is 8. The van der Waals surface area contributed by atoms with Gasteiger partial charge in [-0.1, -0.05) is 32.9 Å². The van der Waals surface area contributed by atoms with E-state index in [0.717, 1.165) is 24.3 Å². The standard InChI is InChI=1S/C16H27NO2/c1-5-17-15(11-18)8-9-19-16-10-14(12(2)3)7-6-13(16)4/h6-7,10,12,15,17-18H,5,8-9,11H2,1-4H3. The first-order valence-corrected chi connectivity index (χ1v) is 7.16. The van der Waals surface area contributed by atoms with Gasteiger partial charge in [0.15, 0.2) is 0 Å². The topological polar surface area (TPSA) is 41.5 Å². The zero-order chi connectivity index (χ0) is 14.3. The third kappa shape index (κ3) is 5.21. The number of hydrogen-bond donors (Lipinski definition) is 2. The Morgan fingerprint density at radius 2 is 2.05 bits per heavy atom. The zero-order valence-electron chi connectivity index (χ0n) is 12.6. The molecule has 19 heavy (non-hydrogen) atoms. The van der Waals surface area contributed by atoms with Crippen LogP contribution in [0, 0.1) is 6.92 Å². The van der Waals surface area contributed by atoms with E-state index < -0.39 is 0 Å². The number of aryl methyl sites for hydroxylation is 1. The van der Waals surface area contributed by atoms with Crippen LogP contribution in [0.3, 0.4) is 0 Å². The quantitative estimate of drug-likeness (QED) is 0.759. The van der Waals surface area contributed by atoms with Gasteiger partial charge in [0, 0.05) is 6.04 Å². The van der Waals surface area contributed by atoms with E-state index in [1.54, 1.807) is 0 Å². The predicted molar refractivity (Wildman–Crippen MR) is 79.9 cm³/mol. The molecule has 0 heterocycles. The molecule has 1 aromatic rings. The molecular weight excluding hydrogens is 238 g/mol. The molecule has 1 unspecified atom stereocenters. The van der Waals surface area contributed by atoms with Crippen molar-refractivity contribution >= 4 is 0 Å². The Labute approximate surface area is 117 Å². The van der Waals surface area contributed by atoms with Crippen molar-refractivity contribution in [3.63, 3.8) is 0 Å². The highest BCUT2D eigenvalue weighted by Gasteiger charge is 2.08. The molecule has 0 aromatic heterocycles. The summed E-state index contributed by atoms with van der Waals surface area (Å²) < 4.78 is 5.86. The molecule has 0 saturated heterocycles. The number of nitrogens with one attached hydrogen (secondary N) is 1. The molecule has 0 saturated carbocycles. The molecule has 0 aliphatic heterocycles. The minimum atomic E-state index is 0.124. The van der Waals surface area contributed by atoms with E-state index in [9.17, 15) is 5.11 Å². The monoisotopic (exact) mass is 265 g/mol. The maximum Gasteiger partial charge on any atom is 0.122 e. The van der Waals surface area contributed by atoms with Crippen molar-refractivity contribution in [1.29, 1.82) is 0 Å². The minimum absolute atomic E-state index is 0.124. The fourth-order valence-electron chi connectivity index (χ4n) is 1.99. The van der Waals surface area contributed by atoms with Crippen LogP contribution in [0.15, 0.2) is 18.2 Å². The van der Waals surface area contributed by atoms with Crippen molar-refractivity contribution in [3.05, 3.63) is 29.3 Å². The van der Waals surface area contributed by atoms with E-state index >= 15 is 0 Å². The minimum Gasteiger partial charge on any atom is -0.493 e. The Bertz CT molecular complexity index is 377. The van der Waals surface area contributed by atoms with Crippen LogP contribution >= 0.6 is 0 Å². The summed E-state index contributed by atoms with van der Waals surface area (Å²) in [5.74, 6) is 1.47. The van der Waals surface area contributed by atoms with Crippen LogP contribution in [0.4, 0.5) is 0 Å². The Kier molecular flexibility index (Phi) is 6.89. The third-order valence-electron chi connectivity index (χ3n) is 3.32. The summed E-state index contributed by atoms with van der Waals surface area (Å²) in [7, 11) is 0. The average molecular weight is 265 g/mol. The lowest BCUT2D eigenvalue weighted by Crippen LogP contribution is -2.33. The fourth-order valence-corrected chi connectivity index (χ4v) is 1.99. The van der Waals surface area contributed by atoms with Crippen LogP contribution in [-0.4, -0.2) is 30.9 Å². The van der Waals surface area contributed by atoms with E-state index in [0.29, 0.717) is 12.5 Å². The van der Waals surface area contributed by atoms with Gasteiger partial charge in [-0.2, -0.15) is 0 Å². The second-order valence-electron chi connectivity index (χ2n) is 5.25. The van der Waals surface area contributed by atoms with E-state index in [2.05, 4.69) is 44.3 Å². The molecular formula is C16H27NO2. The number of aliphatic hydroxyl groups excluding tert-OH is 1. The highest BCUT2D eigenvalue weighted by atomic mass is 16.5. The number of ether oxygens (including phenoxy) is 1. The Morgan fingerprint density at radius 3 is 2.63 bits per heavy atom. The average Bonchev–Trinajstić information content (AvgIpc) is 2.39. The predicted octanol–water partition coefficient (Wildman–Crippen LogP) is 2.86. The summed E-state index contributed by atoms with van der Waals surface area (Å²) in [6.07, 6.45) is 0.815. The van der Waals surface area contributed by atoms with Crippen LogP contribution < -0.4 is 10.1 Å². The van der Waals surface area contributed by atoms with Crippen molar-refractivity contribution in [2.24, 2.45) is 0 Å². The van der Waals surface area contributed by atoms with Gasteiger partial charge in [-0.15, -0.1) is 0 Å². The summed E-state index contributed by atoms with van der Waals surface area (Å²) in [5.41, 5.74) is 2.46. The molecule has 3 heteroatoms. The molecule has 0 amide bonds. The maximum atomic E-state index is 9.21. The van der Waals surface area contributed by atoms with E-state index in [1.807, 2.05) is 6.92 Å². The van der Waals surface area contributed by atoms with E-state index in [-0.39, 0.29) is 12.6 Å². The normalized spacial score (nSPS) is 12.7. The lowest BCUT2D eigenvalue weighted by molar-refractivity contribution is 0.209. The second-order valence-corrected chi connectivity index (χ2v) is 5.25. The first kappa shape index (κ1) is 16.0. The number of hydrogen-bond acceptors (Lipinski definition) is 3. The van der Waals surface area contributed by atoms with Gasteiger partial charge in [0.25, 0.3) is 0 Å². The number of benzene rings is 1. The van der Waals surface area contributed by atoms with Gasteiger partial charge in [0.1, 0.15) is 5.75 Å². The molecule has 0 aliphatic rings. The van der Waals surface area contributed by atoms with Gasteiger partial charge in [-0.05, 0) is 43.0 Å². The van der Waals surface area contributed by atoms with Crippen molar-refractivity contribution in [3.8, 4) is 5.75 Å². The zero-order valence-corrected chi connectivity index (χ0v) is 12.6. The molecule has 2 N–H and O–H groups in total. The largest absolute Gasteiger partial charge is 0.493 e. The van der Waals surface area contributed by atoms with Gasteiger partial charge < -0.3 is 15.2 Å². The molecule has 1 rings (SSSR count). The highest BCUT2D eigenvalue weighted by Crippen LogP contribution is 2.24. The molecule has 0 spiro atoms. The summed E-state index contributed by atoms with van der Waals surface area (Å²) in [5, 5.41) is 12.4. The molecule has 0 aliphatic carbocycles. The van der Waals surface area contributed by atoms with Gasteiger partial charge in [0.2, 0.25) is 0 Å². The summed E-state index contributed by atoms with van der Waals surface area (Å²) >= 11 is 0. The second kappa shape index (κ2) is 8.18. The molecule has 0 radical (unpaired) electrons. The van der Waals surface area contributed by atoms with Gasteiger partial charge in [0.05, 0.1) is 13.2 Å². The van der Waals surface area contributed by atoms with Crippen LogP contribution in [0.25, 0.3) is 0 Å². The SMILES string of the molecule is CCNC(CO)CCOc1cc(C(C)C)ccc1C. The molecule has 108 valence electrons. The van der Waals surface area contributed by atoms with Crippen molar-refractivity contribution < 1.29 is 9.84 Å². The maximum absolute atomic E-state index is 9.21. The van der Waals surface area contributed by atoms with Crippen LogP contribution in [0.1, 0.15) is 44.2 Å². The van der Waals surface area contributed by atoms with Crippen LogP contribution in [-0.2, 0) is 0 Å². The van der Waals surface area contributed by atoms with Crippen LogP contribution in [0.5, 0.6) is 5.75 Å². The molecule has 1 aromatic carbocycles. The van der Waals surface area contributed by atoms with Gasteiger partial charge in [-0.3, -0.25) is 0 Å². The van der Waals surface area contributed by atoms with Gasteiger partial charge in [-0.25, -0.2) is 0 Å². The first-order valence-electron chi connectivity index (χ1n) is 7.16. The van der Waals surface area contributed by atoms with Crippen molar-refractivity contribution in [1.82, 2.24) is 5.32 Å². The summed E-state index contributed by atoms with van der Waals surface area (Å²) in [4.78, 5) is 0. The molecule has 1 atom stereocenters. The van der Waals surface area contributed by atoms with Crippen molar-refractivity contribution in [2.45, 2.75) is 46.1 Å². The van der Waals surface area contributed by atoms with E-state index in [1.165, 1.54) is 5.56 Å². The Morgan fingerprint density at radius 1 is 1.32 bits per heavy atom. The lowest BCUT2D eigenvalue weighted by Gasteiger charge is -2.17. The number of aliphatic hydroxyl groups is 1. The third-order valence-corrected chi connectivity index (χ3v) is 3.32. The fraction of sp³-hybridized carbons (Fsp3) is 0.625.